The summed E-state index contributed by atoms with van der Waals surface area (Å²) in [6.45, 7) is 5.34. The van der Waals surface area contributed by atoms with E-state index in [2.05, 4.69) is 17.7 Å². The number of rotatable bonds is 6. The second-order valence-electron chi connectivity index (χ2n) is 11.4. The molecule has 2 aliphatic rings. The average molecular weight is 608 g/mol. The first-order chi connectivity index (χ1) is 21.5. The predicted octanol–water partition coefficient (Wildman–Crippen LogP) is 6.29. The molecule has 44 heavy (non-hydrogen) atoms. The van der Waals surface area contributed by atoms with Crippen molar-refractivity contribution < 1.29 is 14.4 Å². The number of hydrazine groups is 1. The van der Waals surface area contributed by atoms with Gasteiger partial charge >= 0.3 is 0 Å². The molecule has 3 amide bonds. The first-order valence-corrected chi connectivity index (χ1v) is 16.1. The molecule has 1 aromatic heterocycles. The van der Waals surface area contributed by atoms with E-state index in [4.69, 9.17) is 0 Å². The third kappa shape index (κ3) is 6.60. The van der Waals surface area contributed by atoms with Gasteiger partial charge in [-0.15, -0.1) is 11.3 Å². The summed E-state index contributed by atoms with van der Waals surface area (Å²) in [4.78, 5) is 44.1. The van der Waals surface area contributed by atoms with Gasteiger partial charge in [0.25, 0.3) is 11.8 Å². The van der Waals surface area contributed by atoms with Crippen LogP contribution in [-0.4, -0.2) is 55.5 Å². The van der Waals surface area contributed by atoms with Crippen LogP contribution in [0.3, 0.4) is 0 Å². The molecule has 3 aromatic carbocycles. The highest BCUT2D eigenvalue weighted by Gasteiger charge is 2.30. The molecular weight excluding hydrogens is 570 g/mol. The van der Waals surface area contributed by atoms with E-state index in [0.717, 1.165) is 47.7 Å². The number of fused-ring (bicyclic) bond motifs is 1. The molecule has 1 fully saturated rings. The molecule has 4 aromatic rings. The van der Waals surface area contributed by atoms with Gasteiger partial charge in [-0.1, -0.05) is 55.5 Å². The molecule has 1 unspecified atom stereocenters. The maximum atomic E-state index is 13.8. The number of nitrogens with zero attached hydrogens (tertiary/aromatic N) is 3. The summed E-state index contributed by atoms with van der Waals surface area (Å²) in [6, 6.07) is 26.3. The lowest BCUT2D eigenvalue weighted by Gasteiger charge is -2.26. The largest absolute Gasteiger partial charge is 0.322 e. The van der Waals surface area contributed by atoms with Crippen molar-refractivity contribution in [2.75, 3.05) is 47.8 Å². The molecule has 0 radical (unpaired) electrons. The molecule has 0 aliphatic carbocycles. The van der Waals surface area contributed by atoms with Crippen LogP contribution in [0, 0.1) is 5.92 Å². The highest BCUT2D eigenvalue weighted by molar-refractivity contribution is 7.15. The molecule has 3 heterocycles. The van der Waals surface area contributed by atoms with E-state index in [0.29, 0.717) is 48.8 Å². The second-order valence-corrected chi connectivity index (χ2v) is 12.3. The van der Waals surface area contributed by atoms with E-state index in [-0.39, 0.29) is 17.7 Å². The smallest absolute Gasteiger partial charge is 0.258 e. The molecule has 2 N–H and O–H groups in total. The van der Waals surface area contributed by atoms with Gasteiger partial charge in [0.05, 0.1) is 12.2 Å². The number of hydrogen-bond donors (Lipinski definition) is 2. The number of anilines is 3. The number of thiophene rings is 1. The normalized spacial score (nSPS) is 17.3. The van der Waals surface area contributed by atoms with Crippen molar-refractivity contribution in [1.29, 1.82) is 0 Å². The van der Waals surface area contributed by atoms with E-state index in [1.54, 1.807) is 29.2 Å². The molecule has 0 spiro atoms. The quantitative estimate of drug-likeness (QED) is 0.269. The van der Waals surface area contributed by atoms with Gasteiger partial charge in [0.2, 0.25) is 5.91 Å². The molecule has 0 bridgehead atoms. The molecule has 2 aliphatic heterocycles. The van der Waals surface area contributed by atoms with Crippen molar-refractivity contribution in [2.45, 2.75) is 26.2 Å². The molecule has 9 heteroatoms. The van der Waals surface area contributed by atoms with Gasteiger partial charge in [0.15, 0.2) is 0 Å². The van der Waals surface area contributed by atoms with E-state index < -0.39 is 0 Å². The van der Waals surface area contributed by atoms with Crippen LogP contribution in [0.1, 0.15) is 46.9 Å². The molecule has 1 atom stereocenters. The highest BCUT2D eigenvalue weighted by Crippen LogP contribution is 2.38. The monoisotopic (exact) mass is 607 g/mol. The van der Waals surface area contributed by atoms with Crippen molar-refractivity contribution in [2.24, 2.45) is 5.92 Å². The van der Waals surface area contributed by atoms with Crippen molar-refractivity contribution >= 4 is 45.4 Å². The van der Waals surface area contributed by atoms with Crippen LogP contribution in [0.2, 0.25) is 0 Å². The summed E-state index contributed by atoms with van der Waals surface area (Å²) in [5, 5.41) is 7.76. The Morgan fingerprint density at radius 2 is 1.61 bits per heavy atom. The van der Waals surface area contributed by atoms with Gasteiger partial charge in [0.1, 0.15) is 5.00 Å². The Hall–Kier alpha value is -4.31. The van der Waals surface area contributed by atoms with Crippen LogP contribution in [-0.2, 0) is 4.79 Å². The average Bonchev–Trinajstić information content (AvgIpc) is 3.33. The predicted molar refractivity (Wildman–Crippen MR) is 177 cm³/mol. The molecule has 6 rings (SSSR count). The fourth-order valence-electron chi connectivity index (χ4n) is 5.84. The van der Waals surface area contributed by atoms with E-state index in [1.807, 2.05) is 76.0 Å². The fraction of sp³-hybridized carbons (Fsp3) is 0.286. The summed E-state index contributed by atoms with van der Waals surface area (Å²) in [7, 11) is 0. The Morgan fingerprint density at radius 1 is 0.864 bits per heavy atom. The summed E-state index contributed by atoms with van der Waals surface area (Å²) in [5.41, 5.74) is 7.71. The van der Waals surface area contributed by atoms with Crippen LogP contribution in [0.15, 0.2) is 90.3 Å². The maximum absolute atomic E-state index is 13.8. The molecule has 1 saturated heterocycles. The van der Waals surface area contributed by atoms with Gasteiger partial charge in [-0.05, 0) is 78.1 Å². The second kappa shape index (κ2) is 13.5. The minimum absolute atomic E-state index is 0.0407. The van der Waals surface area contributed by atoms with Crippen molar-refractivity contribution in [3.8, 4) is 11.1 Å². The Labute approximate surface area is 262 Å². The summed E-state index contributed by atoms with van der Waals surface area (Å²) >= 11 is 1.49. The van der Waals surface area contributed by atoms with E-state index >= 15 is 0 Å². The standard InChI is InChI=1S/C35H37N5O3S/c1-25-9-7-19-38(36-23-25)24-32(41)40-21-8-20-39(31-18-22-44-35(31)40)34(43)27-14-16-28(17-15-27)37-33(42)30-13-6-5-12-29(30)26-10-3-2-4-11-26/h2-6,10-18,22,25,36H,7-9,19-21,23-24H2,1H3,(H,37,42). The maximum Gasteiger partial charge on any atom is 0.258 e. The molecule has 226 valence electrons. The van der Waals surface area contributed by atoms with Crippen molar-refractivity contribution in [3.63, 3.8) is 0 Å². The Balaban J connectivity index is 1.14. The third-order valence-electron chi connectivity index (χ3n) is 8.23. The third-order valence-corrected chi connectivity index (χ3v) is 9.16. The number of benzene rings is 3. The minimum Gasteiger partial charge on any atom is -0.322 e. The Kier molecular flexibility index (Phi) is 9.16. The lowest BCUT2D eigenvalue weighted by Crippen LogP contribution is -2.46. The van der Waals surface area contributed by atoms with Gasteiger partial charge in [-0.2, -0.15) is 0 Å². The fourth-order valence-corrected chi connectivity index (χ4v) is 6.79. The van der Waals surface area contributed by atoms with Crippen LogP contribution in [0.25, 0.3) is 11.1 Å². The van der Waals surface area contributed by atoms with Crippen LogP contribution in [0.5, 0.6) is 0 Å². The van der Waals surface area contributed by atoms with Crippen LogP contribution in [0.4, 0.5) is 16.4 Å². The van der Waals surface area contributed by atoms with Crippen LogP contribution >= 0.6 is 11.3 Å². The first-order valence-electron chi connectivity index (χ1n) is 15.2. The van der Waals surface area contributed by atoms with Gasteiger partial charge in [-0.3, -0.25) is 19.8 Å². The number of carbonyl (C=O) groups excluding carboxylic acids is 3. The number of nitrogens with one attached hydrogen (secondary N) is 2. The SMILES string of the molecule is CC1CCCN(CC(=O)N2CCCN(C(=O)c3ccc(NC(=O)c4ccccc4-c4ccccc4)cc3)c3ccsc32)NC1. The summed E-state index contributed by atoms with van der Waals surface area (Å²) in [5.74, 6) is 0.292. The molecular formula is C35H37N5O3S. The number of amides is 3. The zero-order chi connectivity index (χ0) is 30.5. The van der Waals surface area contributed by atoms with Crippen molar-refractivity contribution in [3.05, 3.63) is 101 Å². The van der Waals surface area contributed by atoms with E-state index in [1.165, 1.54) is 11.3 Å². The number of carbonyl (C=O) groups is 3. The van der Waals surface area contributed by atoms with Gasteiger partial charge in [0, 0.05) is 43.0 Å². The zero-order valence-electron chi connectivity index (χ0n) is 24.9. The number of hydrogen-bond acceptors (Lipinski definition) is 6. The first kappa shape index (κ1) is 29.7. The van der Waals surface area contributed by atoms with E-state index in [9.17, 15) is 14.4 Å². The topological polar surface area (TPSA) is 85.0 Å². The Morgan fingerprint density at radius 3 is 2.43 bits per heavy atom. The van der Waals surface area contributed by atoms with Gasteiger partial charge < -0.3 is 15.1 Å². The Bertz CT molecular complexity index is 1620. The van der Waals surface area contributed by atoms with Gasteiger partial charge in [-0.25, -0.2) is 5.01 Å². The molecule has 8 nitrogen and oxygen atoms in total. The minimum atomic E-state index is -0.214. The van der Waals surface area contributed by atoms with Crippen LogP contribution < -0.4 is 20.5 Å². The highest BCUT2D eigenvalue weighted by atomic mass is 32.1. The zero-order valence-corrected chi connectivity index (χ0v) is 25.7. The lowest BCUT2D eigenvalue weighted by molar-refractivity contribution is -0.120. The lowest BCUT2D eigenvalue weighted by atomic mass is 9.99. The summed E-state index contributed by atoms with van der Waals surface area (Å²) in [6.07, 6.45) is 2.90. The summed E-state index contributed by atoms with van der Waals surface area (Å²) < 4.78 is 0. The van der Waals surface area contributed by atoms with Crippen molar-refractivity contribution in [1.82, 2.24) is 10.4 Å². The molecule has 0 saturated carbocycles.